The highest BCUT2D eigenvalue weighted by Gasteiger charge is 2.20. The zero-order valence-electron chi connectivity index (χ0n) is 5.10. The molecule has 0 amide bonds. The molecule has 2 aliphatic heterocycles. The Bertz CT molecular complexity index is 221. The van der Waals surface area contributed by atoms with Gasteiger partial charge < -0.3 is 4.90 Å². The van der Waals surface area contributed by atoms with Crippen molar-refractivity contribution in [3.63, 3.8) is 0 Å². The lowest BCUT2D eigenvalue weighted by Gasteiger charge is -2.07. The summed E-state index contributed by atoms with van der Waals surface area (Å²) >= 11 is 3.14. The van der Waals surface area contributed by atoms with Crippen LogP contribution in [0.3, 0.4) is 0 Å². The van der Waals surface area contributed by atoms with E-state index in [4.69, 9.17) is 0 Å². The summed E-state index contributed by atoms with van der Waals surface area (Å²) in [7, 11) is 0. The summed E-state index contributed by atoms with van der Waals surface area (Å²) in [4.78, 5) is 2.06. The topological polar surface area (TPSA) is 29.7 Å². The van der Waals surface area contributed by atoms with Crippen molar-refractivity contribution in [2.75, 3.05) is 5.88 Å². The van der Waals surface area contributed by atoms with Gasteiger partial charge in [-0.25, -0.2) is 0 Å². The van der Waals surface area contributed by atoms with Gasteiger partial charge in [0.2, 0.25) is 5.82 Å². The molecule has 0 N–H and O–H groups in total. The molecule has 2 aliphatic rings. The van der Waals surface area contributed by atoms with Gasteiger partial charge in [-0.05, 0) is 5.41 Å². The molecule has 3 nitrogen and oxygen atoms in total. The summed E-state index contributed by atoms with van der Waals surface area (Å²) < 4.78 is 3.77. The maximum absolute atomic E-state index is 3.93. The Morgan fingerprint density at radius 3 is 3.30 bits per heavy atom. The van der Waals surface area contributed by atoms with Crippen LogP contribution < -0.4 is 4.52 Å². The summed E-state index contributed by atoms with van der Waals surface area (Å²) in [6.07, 6.45) is 2.02. The van der Waals surface area contributed by atoms with Crippen molar-refractivity contribution in [1.29, 1.82) is 0 Å². The van der Waals surface area contributed by atoms with E-state index in [1.54, 1.807) is 11.8 Å². The Morgan fingerprint density at radius 1 is 1.70 bits per heavy atom. The third-order valence-electron chi connectivity index (χ3n) is 1.19. The molecule has 0 spiro atoms. The molecule has 0 saturated heterocycles. The highest BCUT2D eigenvalue weighted by atomic mass is 32.2. The van der Waals surface area contributed by atoms with Crippen molar-refractivity contribution in [3.8, 4) is 0 Å². The van der Waals surface area contributed by atoms with Crippen LogP contribution in [-0.2, 0) is 0 Å². The number of hydrogen-bond acceptors (Lipinski definition) is 5. The van der Waals surface area contributed by atoms with E-state index in [1.165, 1.54) is 11.9 Å². The van der Waals surface area contributed by atoms with Crippen molar-refractivity contribution in [1.82, 2.24) is 9.42 Å². The second kappa shape index (κ2) is 2.67. The first-order valence-electron chi connectivity index (χ1n) is 2.79. The van der Waals surface area contributed by atoms with Crippen LogP contribution in [0.2, 0.25) is 0 Å². The van der Waals surface area contributed by atoms with E-state index in [0.717, 1.165) is 11.7 Å². The van der Waals surface area contributed by atoms with Crippen LogP contribution >= 0.6 is 23.7 Å². The Kier molecular flexibility index (Phi) is 1.68. The van der Waals surface area contributed by atoms with Gasteiger partial charge in [-0.2, -0.15) is 0 Å². The van der Waals surface area contributed by atoms with Gasteiger partial charge in [-0.1, -0.05) is 0 Å². The monoisotopic (exact) mass is 171 g/mol. The summed E-state index contributed by atoms with van der Waals surface area (Å²) in [5.74, 6) is 1.91. The number of thioether (sulfide) groups is 1. The van der Waals surface area contributed by atoms with Crippen molar-refractivity contribution < 1.29 is 0 Å². The van der Waals surface area contributed by atoms with Gasteiger partial charge >= 0.3 is 11.9 Å². The maximum atomic E-state index is 3.93. The Hall–Kier alpha value is -0.420. The fourth-order valence-electron chi connectivity index (χ4n) is 0.710. The Morgan fingerprint density at radius 2 is 2.70 bits per heavy atom. The summed E-state index contributed by atoms with van der Waals surface area (Å²) in [5, 5.41) is 7.92. The van der Waals surface area contributed by atoms with Gasteiger partial charge in [0.15, 0.2) is 0 Å². The third kappa shape index (κ3) is 1.06. The van der Waals surface area contributed by atoms with E-state index in [1.807, 2.05) is 11.6 Å². The molecule has 5 heteroatoms. The smallest absolute Gasteiger partial charge is 0.308 e. The van der Waals surface area contributed by atoms with Crippen molar-refractivity contribution in [2.45, 2.75) is 0 Å². The first-order chi connectivity index (χ1) is 4.97. The summed E-state index contributed by atoms with van der Waals surface area (Å²) in [6.45, 7) is 0. The SMILES string of the molecule is C1=CN(C2=CS[N+]=N2)CS1. The van der Waals surface area contributed by atoms with Gasteiger partial charge in [-0.15, -0.1) is 11.8 Å². The minimum atomic E-state index is 0.950. The lowest BCUT2D eigenvalue weighted by Crippen LogP contribution is -2.09. The molecule has 51 valence electrons. The summed E-state index contributed by atoms with van der Waals surface area (Å²) in [5.41, 5.74) is 0. The van der Waals surface area contributed by atoms with Gasteiger partial charge in [-0.3, -0.25) is 0 Å². The minimum Gasteiger partial charge on any atom is -0.317 e. The quantitative estimate of drug-likeness (QED) is 0.562. The molecule has 0 saturated carbocycles. The number of rotatable bonds is 1. The van der Waals surface area contributed by atoms with Crippen molar-refractivity contribution in [3.05, 3.63) is 22.8 Å². The molecule has 0 aromatic rings. The standard InChI is InChI=1S/C5H5N3S2/c1-2-9-4-8(1)5-3-10-7-6-5/h1-3H,4H2/q+1. The molecule has 2 rings (SSSR count). The largest absolute Gasteiger partial charge is 0.317 e. The predicted molar refractivity (Wildman–Crippen MR) is 43.7 cm³/mol. The van der Waals surface area contributed by atoms with Crippen LogP contribution in [0.5, 0.6) is 0 Å². The van der Waals surface area contributed by atoms with E-state index in [-0.39, 0.29) is 0 Å². The molecule has 0 aromatic heterocycles. The van der Waals surface area contributed by atoms with E-state index in [9.17, 15) is 0 Å². The molecule has 0 fully saturated rings. The first kappa shape index (κ1) is 6.30. The second-order valence-corrected chi connectivity index (χ2v) is 3.29. The van der Waals surface area contributed by atoms with Gasteiger partial charge in [0, 0.05) is 6.20 Å². The molecule has 0 aromatic carbocycles. The fraction of sp³-hybridized carbons (Fsp3) is 0.200. The maximum Gasteiger partial charge on any atom is 0.308 e. The molecule has 1 radical (unpaired) electrons. The van der Waals surface area contributed by atoms with Gasteiger partial charge in [0.25, 0.3) is 4.52 Å². The zero-order chi connectivity index (χ0) is 6.81. The zero-order valence-corrected chi connectivity index (χ0v) is 6.73. The lowest BCUT2D eigenvalue weighted by molar-refractivity contribution is 0.546. The molecule has 2 heterocycles. The van der Waals surface area contributed by atoms with E-state index in [2.05, 4.69) is 19.9 Å². The third-order valence-corrected chi connectivity index (χ3v) is 2.43. The Balaban J connectivity index is 2.11. The average molecular weight is 171 g/mol. The normalized spacial score (nSPS) is 22.4. The number of nitrogens with zero attached hydrogens (tertiary/aromatic N) is 3. The van der Waals surface area contributed by atoms with Crippen LogP contribution in [0.15, 0.2) is 28.0 Å². The molecule has 0 atom stereocenters. The van der Waals surface area contributed by atoms with Crippen LogP contribution in [0.25, 0.3) is 0 Å². The van der Waals surface area contributed by atoms with E-state index in [0.29, 0.717) is 0 Å². The molecular weight excluding hydrogens is 166 g/mol. The predicted octanol–water partition coefficient (Wildman–Crippen LogP) is 1.71. The van der Waals surface area contributed by atoms with Gasteiger partial charge in [0.1, 0.15) is 10.5 Å². The van der Waals surface area contributed by atoms with Crippen LogP contribution in [0, 0.1) is 0 Å². The van der Waals surface area contributed by atoms with Crippen LogP contribution in [0.1, 0.15) is 0 Å². The van der Waals surface area contributed by atoms with Crippen LogP contribution in [0.4, 0.5) is 0 Å². The first-order valence-corrected chi connectivity index (χ1v) is 4.67. The van der Waals surface area contributed by atoms with Gasteiger partial charge in [0.05, 0.1) is 5.88 Å². The van der Waals surface area contributed by atoms with Crippen molar-refractivity contribution >= 4 is 23.7 Å². The molecule has 0 aliphatic carbocycles. The molecule has 0 unspecified atom stereocenters. The fourth-order valence-corrected chi connectivity index (χ4v) is 1.86. The Labute approximate surface area is 67.4 Å². The highest BCUT2D eigenvalue weighted by molar-refractivity contribution is 8.02. The minimum absolute atomic E-state index is 0.950. The second-order valence-electron chi connectivity index (χ2n) is 1.81. The van der Waals surface area contributed by atoms with Crippen molar-refractivity contribution in [2.24, 2.45) is 5.11 Å². The average Bonchev–Trinajstić information content (AvgIpc) is 2.59. The highest BCUT2D eigenvalue weighted by Crippen LogP contribution is 2.24. The lowest BCUT2D eigenvalue weighted by atomic mass is 10.7. The molecular formula is C5H5N3S2+. The molecule has 0 bridgehead atoms. The van der Waals surface area contributed by atoms with E-state index < -0.39 is 0 Å². The summed E-state index contributed by atoms with van der Waals surface area (Å²) in [6, 6.07) is 0. The van der Waals surface area contributed by atoms with Crippen LogP contribution in [-0.4, -0.2) is 10.8 Å². The molecule has 10 heavy (non-hydrogen) atoms. The number of hydrogen-bond donors (Lipinski definition) is 0. The van der Waals surface area contributed by atoms with E-state index >= 15 is 0 Å².